The fourth-order valence-corrected chi connectivity index (χ4v) is 11.2. The van der Waals surface area contributed by atoms with Crippen LogP contribution in [0.5, 0.6) is 0 Å². The molecule has 2 nitrogen and oxygen atoms in total. The standard InChI is InChI=1S/C52H33B2N2/c1-4-17-33(18-5-1)53-43-30-16-24-37-36-23-10-11-29-42(36)54(48(37)43)50-39-26-15-28-41-47(39)46-38(49(50)53)25-14-27-40(46)51-52(41)56(35-21-8-3-9-22-35)45-32-13-12-31-44(45)55(51)34-19-6-2-7-20-34/h1-32,50H/q+1. The van der Waals surface area contributed by atoms with E-state index >= 15 is 0 Å². The van der Waals surface area contributed by atoms with Gasteiger partial charge in [-0.25, -0.2) is 0 Å². The third-order valence-corrected chi connectivity index (χ3v) is 13.1. The summed E-state index contributed by atoms with van der Waals surface area (Å²) < 4.78 is 2.52. The van der Waals surface area contributed by atoms with E-state index in [-0.39, 0.29) is 19.2 Å². The Balaban J connectivity index is 1.29. The van der Waals surface area contributed by atoms with Gasteiger partial charge in [0.1, 0.15) is 11.4 Å². The molecule has 3 heterocycles. The lowest BCUT2D eigenvalue weighted by Gasteiger charge is -2.40. The molecule has 0 radical (unpaired) electrons. The van der Waals surface area contributed by atoms with Crippen LogP contribution >= 0.6 is 0 Å². The Bertz CT molecular complexity index is 3270. The van der Waals surface area contributed by atoms with Gasteiger partial charge in [-0.05, 0) is 57.4 Å². The zero-order valence-electron chi connectivity index (χ0n) is 30.6. The Morgan fingerprint density at radius 3 is 2.02 bits per heavy atom. The lowest BCUT2D eigenvalue weighted by Crippen LogP contribution is -2.65. The number of benzene rings is 9. The Labute approximate surface area is 326 Å². The van der Waals surface area contributed by atoms with Gasteiger partial charge in [0, 0.05) is 34.7 Å². The summed E-state index contributed by atoms with van der Waals surface area (Å²) in [5, 5.41) is 7.92. The second-order valence-electron chi connectivity index (χ2n) is 15.7. The van der Waals surface area contributed by atoms with Crippen LogP contribution in [0, 0.1) is 0 Å². The van der Waals surface area contributed by atoms with Crippen molar-refractivity contribution in [2.24, 2.45) is 0 Å². The van der Waals surface area contributed by atoms with Gasteiger partial charge in [-0.15, -0.1) is 4.58 Å². The van der Waals surface area contributed by atoms with Crippen LogP contribution in [0.2, 0.25) is 0 Å². The van der Waals surface area contributed by atoms with E-state index in [4.69, 9.17) is 0 Å². The second-order valence-corrected chi connectivity index (χ2v) is 15.7. The Kier molecular flexibility index (Phi) is 6.15. The van der Waals surface area contributed by atoms with Crippen LogP contribution in [0.4, 0.5) is 28.4 Å². The van der Waals surface area contributed by atoms with Gasteiger partial charge in [-0.2, -0.15) is 0 Å². The molecule has 9 aromatic rings. The molecule has 9 aromatic carbocycles. The maximum absolute atomic E-state index is 2.53. The number of fused-ring (bicyclic) bond motifs is 10. The molecule has 0 amide bonds. The van der Waals surface area contributed by atoms with E-state index in [9.17, 15) is 0 Å². The summed E-state index contributed by atoms with van der Waals surface area (Å²) in [6, 6.07) is 72.8. The van der Waals surface area contributed by atoms with Gasteiger partial charge in [0.25, 0.3) is 0 Å². The van der Waals surface area contributed by atoms with Gasteiger partial charge in [0.15, 0.2) is 0 Å². The fourth-order valence-electron chi connectivity index (χ4n) is 11.2. The lowest BCUT2D eigenvalue weighted by molar-refractivity contribution is 0.957. The van der Waals surface area contributed by atoms with E-state index in [1.54, 1.807) is 0 Å². The van der Waals surface area contributed by atoms with Crippen molar-refractivity contribution in [3.8, 4) is 11.1 Å². The topological polar surface area (TPSA) is 6.25 Å². The van der Waals surface area contributed by atoms with Gasteiger partial charge < -0.3 is 0 Å². The fraction of sp³-hybridized carbons (Fsp3) is 0.0192. The quantitative estimate of drug-likeness (QED) is 0.102. The molecular formula is C52H33B2N2+. The zero-order valence-corrected chi connectivity index (χ0v) is 30.6. The van der Waals surface area contributed by atoms with Crippen LogP contribution in [0.25, 0.3) is 38.1 Å². The normalized spacial score (nSPS) is 15.5. The van der Waals surface area contributed by atoms with Crippen LogP contribution < -0.4 is 41.9 Å². The molecule has 1 aliphatic carbocycles. The number of hydrogen-bond donors (Lipinski definition) is 0. The highest BCUT2D eigenvalue weighted by Gasteiger charge is 2.51. The molecule has 4 aliphatic rings. The smallest absolute Gasteiger partial charge is 0.244 e. The van der Waals surface area contributed by atoms with Crippen molar-refractivity contribution >= 4 is 90.7 Å². The first-order chi connectivity index (χ1) is 27.9. The molecule has 256 valence electrons. The summed E-state index contributed by atoms with van der Waals surface area (Å²) >= 11 is 0. The van der Waals surface area contributed by atoms with Gasteiger partial charge in [0.2, 0.25) is 30.2 Å². The summed E-state index contributed by atoms with van der Waals surface area (Å²) in [6.45, 7) is 0.350. The van der Waals surface area contributed by atoms with E-state index < -0.39 is 0 Å². The number of para-hydroxylation sites is 4. The van der Waals surface area contributed by atoms with E-state index in [0.29, 0.717) is 0 Å². The molecule has 1 atom stereocenters. The first-order valence-corrected chi connectivity index (χ1v) is 19.8. The SMILES string of the molecule is c1ccc(B2C3=c4cccc5c6c(c7cccc(c7c45)C3B3c4ccccc4-c4cccc2c43)N(c2ccccc2)c2ccccc2[N+]=6c2ccccc2)cc1. The third kappa shape index (κ3) is 3.86. The Morgan fingerprint density at radius 1 is 0.500 bits per heavy atom. The number of hydrogen-bond acceptors (Lipinski definition) is 1. The molecule has 0 fully saturated rings. The molecule has 0 N–H and O–H groups in total. The van der Waals surface area contributed by atoms with E-state index in [1.165, 1.54) is 93.2 Å². The molecule has 56 heavy (non-hydrogen) atoms. The average molecular weight is 707 g/mol. The number of anilines is 3. The highest BCUT2D eigenvalue weighted by Crippen LogP contribution is 2.50. The average Bonchev–Trinajstić information content (AvgIpc) is 3.61. The van der Waals surface area contributed by atoms with Gasteiger partial charge in [-0.1, -0.05) is 179 Å². The number of rotatable bonds is 3. The highest BCUT2D eigenvalue weighted by molar-refractivity contribution is 7.10. The van der Waals surface area contributed by atoms with Crippen molar-refractivity contribution in [1.82, 2.24) is 4.58 Å². The molecule has 0 spiro atoms. The summed E-state index contributed by atoms with van der Waals surface area (Å²) in [4.78, 5) is 2.53. The maximum atomic E-state index is 2.53. The monoisotopic (exact) mass is 707 g/mol. The lowest BCUT2D eigenvalue weighted by atomic mass is 9.17. The Hall–Kier alpha value is -6.90. The predicted octanol–water partition coefficient (Wildman–Crippen LogP) is 8.17. The van der Waals surface area contributed by atoms with Crippen molar-refractivity contribution < 1.29 is 0 Å². The molecule has 0 saturated carbocycles. The molecule has 4 heteroatoms. The van der Waals surface area contributed by atoms with E-state index in [1.807, 2.05) is 0 Å². The molecule has 0 aromatic heterocycles. The molecule has 1 unspecified atom stereocenters. The molecular weight excluding hydrogens is 674 g/mol. The van der Waals surface area contributed by atoms with Gasteiger partial charge >= 0.3 is 0 Å². The number of nitrogens with zero attached hydrogens (tertiary/aromatic N) is 2. The van der Waals surface area contributed by atoms with Crippen LogP contribution in [0.3, 0.4) is 0 Å². The Morgan fingerprint density at radius 2 is 1.16 bits per heavy atom. The minimum Gasteiger partial charge on any atom is -0.298 e. The van der Waals surface area contributed by atoms with E-state index in [0.717, 1.165) is 11.4 Å². The van der Waals surface area contributed by atoms with Crippen LogP contribution in [0.1, 0.15) is 11.4 Å². The van der Waals surface area contributed by atoms with Crippen LogP contribution in [-0.2, 0) is 0 Å². The molecule has 3 aliphatic heterocycles. The van der Waals surface area contributed by atoms with Crippen molar-refractivity contribution in [3.63, 3.8) is 0 Å². The predicted molar refractivity (Wildman–Crippen MR) is 237 cm³/mol. The molecule has 0 bridgehead atoms. The molecule has 0 saturated heterocycles. The van der Waals surface area contributed by atoms with Crippen molar-refractivity contribution in [3.05, 3.63) is 210 Å². The third-order valence-electron chi connectivity index (χ3n) is 13.1. The van der Waals surface area contributed by atoms with Crippen LogP contribution in [-0.4, -0.2) is 13.4 Å². The second kappa shape index (κ2) is 11.3. The first kappa shape index (κ1) is 30.4. The van der Waals surface area contributed by atoms with Crippen molar-refractivity contribution in [2.75, 3.05) is 4.90 Å². The summed E-state index contributed by atoms with van der Waals surface area (Å²) in [5.41, 5.74) is 17.4. The van der Waals surface area contributed by atoms with E-state index in [2.05, 4.69) is 204 Å². The minimum absolute atomic E-state index is 0.124. The van der Waals surface area contributed by atoms with Crippen molar-refractivity contribution in [1.29, 1.82) is 0 Å². The first-order valence-electron chi connectivity index (χ1n) is 19.8. The van der Waals surface area contributed by atoms with Gasteiger partial charge in [-0.3, -0.25) is 4.90 Å². The minimum atomic E-state index is 0.124. The highest BCUT2D eigenvalue weighted by atomic mass is 15.2. The summed E-state index contributed by atoms with van der Waals surface area (Å²) in [7, 11) is 0. The van der Waals surface area contributed by atoms with Crippen LogP contribution in [0.15, 0.2) is 194 Å². The largest absolute Gasteiger partial charge is 0.298 e. The maximum Gasteiger partial charge on any atom is 0.244 e. The van der Waals surface area contributed by atoms with Crippen molar-refractivity contribution in [2.45, 2.75) is 5.82 Å². The summed E-state index contributed by atoms with van der Waals surface area (Å²) in [6.07, 6.45) is 0. The molecule has 13 rings (SSSR count). The summed E-state index contributed by atoms with van der Waals surface area (Å²) in [5.74, 6) is 0.170. The zero-order chi connectivity index (χ0) is 36.5. The van der Waals surface area contributed by atoms with Gasteiger partial charge in [0.05, 0.1) is 5.39 Å².